The topological polar surface area (TPSA) is 55.6 Å². The lowest BCUT2D eigenvalue weighted by Gasteiger charge is -2.30. The molecule has 4 nitrogen and oxygen atoms in total. The predicted octanol–water partition coefficient (Wildman–Crippen LogP) is 1.93. The Morgan fingerprint density at radius 2 is 2.22 bits per heavy atom. The number of anilines is 1. The molecule has 1 aromatic rings. The van der Waals surface area contributed by atoms with Crippen LogP contribution in [0.1, 0.15) is 26.7 Å². The summed E-state index contributed by atoms with van der Waals surface area (Å²) in [5.41, 5.74) is 6.07. The van der Waals surface area contributed by atoms with Gasteiger partial charge in [-0.3, -0.25) is 4.79 Å². The van der Waals surface area contributed by atoms with Gasteiger partial charge in [-0.2, -0.15) is 0 Å². The first-order valence-electron chi connectivity index (χ1n) is 6.39. The molecule has 0 radical (unpaired) electrons. The van der Waals surface area contributed by atoms with E-state index in [0.717, 1.165) is 17.9 Å². The van der Waals surface area contributed by atoms with E-state index < -0.39 is 5.54 Å². The van der Waals surface area contributed by atoms with E-state index >= 15 is 0 Å². The summed E-state index contributed by atoms with van der Waals surface area (Å²) in [7, 11) is 0. The fourth-order valence-electron chi connectivity index (χ4n) is 2.00. The number of carbonyl (C=O) groups is 1. The number of benzene rings is 1. The van der Waals surface area contributed by atoms with Crippen molar-refractivity contribution in [3.63, 3.8) is 0 Å². The fourth-order valence-corrected chi connectivity index (χ4v) is 2.00. The minimum atomic E-state index is -0.822. The lowest BCUT2D eigenvalue weighted by atomic mass is 9.98. The number of para-hydroxylation sites is 2. The van der Waals surface area contributed by atoms with Crippen molar-refractivity contribution in [3.8, 4) is 5.75 Å². The SMILES string of the molecule is CCC(C)(N)C(=O)N1CCCOc2ccccc21. The number of amides is 1. The molecule has 0 spiro atoms. The summed E-state index contributed by atoms with van der Waals surface area (Å²) in [5.74, 6) is 0.721. The minimum Gasteiger partial charge on any atom is -0.491 e. The Morgan fingerprint density at radius 3 is 2.94 bits per heavy atom. The first-order chi connectivity index (χ1) is 8.56. The van der Waals surface area contributed by atoms with E-state index in [1.807, 2.05) is 31.2 Å². The predicted molar refractivity (Wildman–Crippen MR) is 71.8 cm³/mol. The minimum absolute atomic E-state index is 0.0389. The van der Waals surface area contributed by atoms with Gasteiger partial charge < -0.3 is 15.4 Å². The van der Waals surface area contributed by atoms with Gasteiger partial charge in [-0.15, -0.1) is 0 Å². The second kappa shape index (κ2) is 4.98. The van der Waals surface area contributed by atoms with Crippen LogP contribution in [0, 0.1) is 0 Å². The van der Waals surface area contributed by atoms with Crippen LogP contribution in [0.25, 0.3) is 0 Å². The average Bonchev–Trinajstić information content (AvgIpc) is 2.60. The molecular formula is C14H20N2O2. The molecule has 1 amide bonds. The van der Waals surface area contributed by atoms with Crippen LogP contribution in [-0.2, 0) is 4.79 Å². The third-order valence-electron chi connectivity index (χ3n) is 3.41. The molecule has 1 unspecified atom stereocenters. The summed E-state index contributed by atoms with van der Waals surface area (Å²) in [6, 6.07) is 7.62. The molecular weight excluding hydrogens is 228 g/mol. The van der Waals surface area contributed by atoms with Crippen molar-refractivity contribution in [1.82, 2.24) is 0 Å². The van der Waals surface area contributed by atoms with E-state index in [2.05, 4.69) is 0 Å². The molecule has 0 aromatic heterocycles. The first kappa shape index (κ1) is 12.9. The highest BCUT2D eigenvalue weighted by Crippen LogP contribution is 2.31. The van der Waals surface area contributed by atoms with E-state index in [0.29, 0.717) is 19.6 Å². The van der Waals surface area contributed by atoms with Gasteiger partial charge in [0.1, 0.15) is 5.75 Å². The fraction of sp³-hybridized carbons (Fsp3) is 0.500. The van der Waals surface area contributed by atoms with Crippen LogP contribution in [0.4, 0.5) is 5.69 Å². The van der Waals surface area contributed by atoms with E-state index in [-0.39, 0.29) is 5.91 Å². The van der Waals surface area contributed by atoms with Gasteiger partial charge >= 0.3 is 0 Å². The van der Waals surface area contributed by atoms with Crippen molar-refractivity contribution in [2.45, 2.75) is 32.2 Å². The zero-order valence-electron chi connectivity index (χ0n) is 11.0. The average molecular weight is 248 g/mol. The van der Waals surface area contributed by atoms with Gasteiger partial charge in [0.05, 0.1) is 17.8 Å². The molecule has 18 heavy (non-hydrogen) atoms. The molecule has 1 aliphatic heterocycles. The van der Waals surface area contributed by atoms with Crippen LogP contribution in [0.2, 0.25) is 0 Å². The van der Waals surface area contributed by atoms with Crippen LogP contribution in [0.15, 0.2) is 24.3 Å². The monoisotopic (exact) mass is 248 g/mol. The summed E-state index contributed by atoms with van der Waals surface area (Å²) in [5, 5.41) is 0. The van der Waals surface area contributed by atoms with Crippen molar-refractivity contribution >= 4 is 11.6 Å². The molecule has 1 aliphatic rings. The highest BCUT2D eigenvalue weighted by molar-refractivity contribution is 6.00. The number of hydrogen-bond donors (Lipinski definition) is 1. The summed E-state index contributed by atoms with van der Waals surface area (Å²) in [4.78, 5) is 14.3. The number of rotatable bonds is 2. The van der Waals surface area contributed by atoms with Crippen molar-refractivity contribution < 1.29 is 9.53 Å². The largest absolute Gasteiger partial charge is 0.491 e. The first-order valence-corrected chi connectivity index (χ1v) is 6.39. The third-order valence-corrected chi connectivity index (χ3v) is 3.41. The van der Waals surface area contributed by atoms with Crippen LogP contribution in [-0.4, -0.2) is 24.6 Å². The Kier molecular flexibility index (Phi) is 3.57. The number of nitrogens with zero attached hydrogens (tertiary/aromatic N) is 1. The number of carbonyl (C=O) groups excluding carboxylic acids is 1. The van der Waals surface area contributed by atoms with Gasteiger partial charge in [-0.1, -0.05) is 19.1 Å². The van der Waals surface area contributed by atoms with Crippen molar-refractivity contribution in [2.24, 2.45) is 5.73 Å². The quantitative estimate of drug-likeness (QED) is 0.870. The van der Waals surface area contributed by atoms with Gasteiger partial charge in [0, 0.05) is 6.54 Å². The number of ether oxygens (including phenoxy) is 1. The van der Waals surface area contributed by atoms with Crippen molar-refractivity contribution in [1.29, 1.82) is 0 Å². The van der Waals surface area contributed by atoms with Crippen molar-refractivity contribution in [3.05, 3.63) is 24.3 Å². The molecule has 2 rings (SSSR count). The molecule has 98 valence electrons. The Labute approximate surface area is 108 Å². The Morgan fingerprint density at radius 1 is 1.50 bits per heavy atom. The van der Waals surface area contributed by atoms with Gasteiger partial charge in [-0.25, -0.2) is 0 Å². The second-order valence-electron chi connectivity index (χ2n) is 4.90. The van der Waals surface area contributed by atoms with Crippen LogP contribution < -0.4 is 15.4 Å². The smallest absolute Gasteiger partial charge is 0.246 e. The molecule has 1 atom stereocenters. The van der Waals surface area contributed by atoms with Gasteiger partial charge in [0.25, 0.3) is 0 Å². The zero-order chi connectivity index (χ0) is 13.2. The van der Waals surface area contributed by atoms with E-state index in [1.54, 1.807) is 11.8 Å². The maximum absolute atomic E-state index is 12.5. The molecule has 0 fully saturated rings. The van der Waals surface area contributed by atoms with Crippen LogP contribution in [0.5, 0.6) is 5.75 Å². The molecule has 2 N–H and O–H groups in total. The third kappa shape index (κ3) is 2.34. The molecule has 0 bridgehead atoms. The standard InChI is InChI=1S/C14H20N2O2/c1-3-14(2,15)13(17)16-9-6-10-18-12-8-5-4-7-11(12)16/h4-5,7-8H,3,6,9-10,15H2,1-2H3. The maximum Gasteiger partial charge on any atom is 0.246 e. The Balaban J connectivity index is 2.36. The van der Waals surface area contributed by atoms with Gasteiger partial charge in [-0.05, 0) is 31.9 Å². The van der Waals surface area contributed by atoms with Gasteiger partial charge in [0.15, 0.2) is 0 Å². The molecule has 0 saturated heterocycles. The lowest BCUT2D eigenvalue weighted by molar-refractivity contribution is -0.123. The summed E-state index contributed by atoms with van der Waals surface area (Å²) in [6.45, 7) is 5.00. The van der Waals surface area contributed by atoms with Gasteiger partial charge in [0.2, 0.25) is 5.91 Å². The Bertz CT molecular complexity index is 443. The zero-order valence-corrected chi connectivity index (χ0v) is 11.0. The second-order valence-corrected chi connectivity index (χ2v) is 4.90. The summed E-state index contributed by atoms with van der Waals surface area (Å²) in [6.07, 6.45) is 1.44. The molecule has 0 aliphatic carbocycles. The number of hydrogen-bond acceptors (Lipinski definition) is 3. The van der Waals surface area contributed by atoms with E-state index in [9.17, 15) is 4.79 Å². The maximum atomic E-state index is 12.5. The molecule has 1 aromatic carbocycles. The number of nitrogens with two attached hydrogens (primary N) is 1. The van der Waals surface area contributed by atoms with Crippen molar-refractivity contribution in [2.75, 3.05) is 18.1 Å². The Hall–Kier alpha value is -1.55. The summed E-state index contributed by atoms with van der Waals surface area (Å²) < 4.78 is 5.64. The highest BCUT2D eigenvalue weighted by atomic mass is 16.5. The molecule has 0 saturated carbocycles. The molecule has 1 heterocycles. The lowest BCUT2D eigenvalue weighted by Crippen LogP contribution is -2.53. The highest BCUT2D eigenvalue weighted by Gasteiger charge is 2.33. The van der Waals surface area contributed by atoms with Crippen LogP contribution in [0.3, 0.4) is 0 Å². The van der Waals surface area contributed by atoms with E-state index in [1.165, 1.54) is 0 Å². The van der Waals surface area contributed by atoms with E-state index in [4.69, 9.17) is 10.5 Å². The number of fused-ring (bicyclic) bond motifs is 1. The molecule has 4 heteroatoms. The summed E-state index contributed by atoms with van der Waals surface area (Å²) >= 11 is 0. The van der Waals surface area contributed by atoms with Crippen LogP contribution >= 0.6 is 0 Å². The normalized spacial score (nSPS) is 18.3.